The predicted molar refractivity (Wildman–Crippen MR) is 94.7 cm³/mol. The fraction of sp³-hybridized carbons (Fsp3) is 0.222. The fourth-order valence-corrected chi connectivity index (χ4v) is 3.00. The molecule has 0 saturated heterocycles. The van der Waals surface area contributed by atoms with Gasteiger partial charge in [0.2, 0.25) is 0 Å². The van der Waals surface area contributed by atoms with Crippen LogP contribution in [0.1, 0.15) is 18.1 Å². The minimum Gasteiger partial charge on any atom is -0.365 e. The maximum absolute atomic E-state index is 12.8. The third-order valence-corrected chi connectivity index (χ3v) is 4.30. The molecule has 2 aromatic carbocycles. The van der Waals surface area contributed by atoms with E-state index in [1.807, 2.05) is 31.2 Å². The molecular weight excluding hydrogens is 347 g/mol. The molecule has 0 aliphatic carbocycles. The number of anilines is 1. The van der Waals surface area contributed by atoms with E-state index in [9.17, 15) is 13.2 Å². The summed E-state index contributed by atoms with van der Waals surface area (Å²) in [4.78, 5) is 8.99. The monoisotopic (exact) mass is 363 g/mol. The van der Waals surface area contributed by atoms with E-state index >= 15 is 0 Å². The fourth-order valence-electron chi connectivity index (χ4n) is 2.43. The lowest BCUT2D eigenvalue weighted by atomic mass is 10.1. The highest BCUT2D eigenvalue weighted by molar-refractivity contribution is 7.99. The number of nitrogens with zero attached hydrogens (tertiary/aromatic N) is 2. The molecule has 3 aromatic rings. The molecule has 0 saturated carbocycles. The summed E-state index contributed by atoms with van der Waals surface area (Å²) in [6.45, 7) is 2.26. The number of nitrogens with one attached hydrogen (secondary N) is 1. The van der Waals surface area contributed by atoms with Gasteiger partial charge < -0.3 is 5.32 Å². The summed E-state index contributed by atoms with van der Waals surface area (Å²) in [5, 5.41) is 4.64. The number of hydrogen-bond donors (Lipinski definition) is 1. The van der Waals surface area contributed by atoms with Crippen LogP contribution in [-0.4, -0.2) is 15.7 Å². The van der Waals surface area contributed by atoms with E-state index in [1.54, 1.807) is 6.07 Å². The van der Waals surface area contributed by atoms with Crippen molar-refractivity contribution in [2.45, 2.75) is 24.8 Å². The van der Waals surface area contributed by atoms with Crippen molar-refractivity contribution in [1.29, 1.82) is 0 Å². The molecule has 1 heterocycles. The molecule has 0 aliphatic heterocycles. The average Bonchev–Trinajstić information content (AvgIpc) is 2.59. The number of fused-ring (bicyclic) bond motifs is 1. The molecule has 0 unspecified atom stereocenters. The van der Waals surface area contributed by atoms with Crippen LogP contribution in [0.25, 0.3) is 10.9 Å². The summed E-state index contributed by atoms with van der Waals surface area (Å²) in [6.07, 6.45) is -4.34. The largest absolute Gasteiger partial charge is 0.416 e. The SMILES string of the molecule is CCSc1nc(NCc2cccc(C(F)(F)F)c2)c2ccccc2n1. The number of thioether (sulfide) groups is 1. The van der Waals surface area contributed by atoms with Crippen molar-refractivity contribution in [2.24, 2.45) is 0 Å². The molecule has 0 fully saturated rings. The van der Waals surface area contributed by atoms with Gasteiger partial charge in [-0.3, -0.25) is 0 Å². The minimum atomic E-state index is -4.34. The maximum atomic E-state index is 12.8. The van der Waals surface area contributed by atoms with E-state index in [-0.39, 0.29) is 6.54 Å². The normalized spacial score (nSPS) is 11.7. The van der Waals surface area contributed by atoms with Gasteiger partial charge in [0, 0.05) is 11.9 Å². The van der Waals surface area contributed by atoms with Crippen LogP contribution in [0.3, 0.4) is 0 Å². The van der Waals surface area contributed by atoms with Crippen LogP contribution >= 0.6 is 11.8 Å². The van der Waals surface area contributed by atoms with Crippen LogP contribution in [0.2, 0.25) is 0 Å². The highest BCUT2D eigenvalue weighted by Crippen LogP contribution is 2.30. The number of hydrogen-bond acceptors (Lipinski definition) is 4. The lowest BCUT2D eigenvalue weighted by Crippen LogP contribution is -2.08. The van der Waals surface area contributed by atoms with Crippen LogP contribution in [0.5, 0.6) is 0 Å². The Bertz CT molecular complexity index is 881. The average molecular weight is 363 g/mol. The first-order chi connectivity index (χ1) is 12.0. The molecule has 25 heavy (non-hydrogen) atoms. The van der Waals surface area contributed by atoms with Crippen molar-refractivity contribution in [2.75, 3.05) is 11.1 Å². The molecule has 0 amide bonds. The van der Waals surface area contributed by atoms with Crippen LogP contribution in [0.15, 0.2) is 53.7 Å². The molecule has 0 aliphatic rings. The molecule has 1 aromatic heterocycles. The Morgan fingerprint density at radius 3 is 2.60 bits per heavy atom. The number of benzene rings is 2. The number of halogens is 3. The topological polar surface area (TPSA) is 37.8 Å². The minimum absolute atomic E-state index is 0.251. The van der Waals surface area contributed by atoms with E-state index in [0.29, 0.717) is 16.5 Å². The lowest BCUT2D eigenvalue weighted by molar-refractivity contribution is -0.137. The van der Waals surface area contributed by atoms with Crippen LogP contribution in [-0.2, 0) is 12.7 Å². The van der Waals surface area contributed by atoms with Gasteiger partial charge in [0.05, 0.1) is 11.1 Å². The maximum Gasteiger partial charge on any atom is 0.416 e. The van der Waals surface area contributed by atoms with E-state index in [2.05, 4.69) is 15.3 Å². The molecule has 3 nitrogen and oxygen atoms in total. The Kier molecular flexibility index (Phi) is 5.13. The molecule has 1 N–H and O–H groups in total. The first kappa shape index (κ1) is 17.5. The molecule has 130 valence electrons. The highest BCUT2D eigenvalue weighted by Gasteiger charge is 2.30. The number of rotatable bonds is 5. The van der Waals surface area contributed by atoms with Crippen LogP contribution in [0.4, 0.5) is 19.0 Å². The third-order valence-electron chi connectivity index (χ3n) is 3.57. The summed E-state index contributed by atoms with van der Waals surface area (Å²) in [6, 6.07) is 12.9. The standard InChI is InChI=1S/C18H16F3N3S/c1-2-25-17-23-15-9-4-3-8-14(15)16(24-17)22-11-12-6-5-7-13(10-12)18(19,20)21/h3-10H,2,11H2,1H3,(H,22,23,24). The van der Waals surface area contributed by atoms with Crippen LogP contribution in [0, 0.1) is 0 Å². The summed E-state index contributed by atoms with van der Waals surface area (Å²) in [7, 11) is 0. The molecule has 7 heteroatoms. The molecule has 3 rings (SSSR count). The van der Waals surface area contributed by atoms with Gasteiger partial charge in [-0.2, -0.15) is 13.2 Å². The van der Waals surface area contributed by atoms with Gasteiger partial charge in [0.15, 0.2) is 5.16 Å². The van der Waals surface area contributed by atoms with Crippen LogP contribution < -0.4 is 5.32 Å². The molecular formula is C18H16F3N3S. The summed E-state index contributed by atoms with van der Waals surface area (Å²) < 4.78 is 38.5. The van der Waals surface area contributed by atoms with Crippen molar-refractivity contribution >= 4 is 28.5 Å². The number of alkyl halides is 3. The molecule has 0 atom stereocenters. The molecule has 0 spiro atoms. The van der Waals surface area contributed by atoms with Gasteiger partial charge >= 0.3 is 6.18 Å². The lowest BCUT2D eigenvalue weighted by Gasteiger charge is -2.12. The van der Waals surface area contributed by atoms with Crippen molar-refractivity contribution < 1.29 is 13.2 Å². The zero-order valence-corrected chi connectivity index (χ0v) is 14.3. The molecule has 0 radical (unpaired) electrons. The molecule has 0 bridgehead atoms. The van der Waals surface area contributed by atoms with Gasteiger partial charge in [-0.15, -0.1) is 0 Å². The first-order valence-electron chi connectivity index (χ1n) is 7.77. The Morgan fingerprint density at radius 2 is 1.84 bits per heavy atom. The van der Waals surface area contributed by atoms with Crippen molar-refractivity contribution in [3.05, 3.63) is 59.7 Å². The van der Waals surface area contributed by atoms with E-state index in [1.165, 1.54) is 17.8 Å². The van der Waals surface area contributed by atoms with Gasteiger partial charge in [-0.05, 0) is 35.6 Å². The van der Waals surface area contributed by atoms with Gasteiger partial charge in [-0.1, -0.05) is 43.0 Å². The Balaban J connectivity index is 1.88. The summed E-state index contributed by atoms with van der Waals surface area (Å²) in [5.74, 6) is 1.46. The first-order valence-corrected chi connectivity index (χ1v) is 8.75. The van der Waals surface area contributed by atoms with E-state index in [0.717, 1.165) is 28.8 Å². The Labute approximate surface area is 147 Å². The smallest absolute Gasteiger partial charge is 0.365 e. The predicted octanol–water partition coefficient (Wildman–Crippen LogP) is 5.37. The zero-order valence-electron chi connectivity index (χ0n) is 13.5. The second-order valence-electron chi connectivity index (χ2n) is 5.36. The van der Waals surface area contributed by atoms with Gasteiger partial charge in [0.25, 0.3) is 0 Å². The van der Waals surface area contributed by atoms with Crippen molar-refractivity contribution in [1.82, 2.24) is 9.97 Å². The Hall–Kier alpha value is -2.28. The van der Waals surface area contributed by atoms with Crippen molar-refractivity contribution in [3.63, 3.8) is 0 Å². The number of para-hydroxylation sites is 1. The number of aromatic nitrogens is 2. The quantitative estimate of drug-likeness (QED) is 0.488. The third kappa shape index (κ3) is 4.22. The zero-order chi connectivity index (χ0) is 17.9. The summed E-state index contributed by atoms with van der Waals surface area (Å²) >= 11 is 1.52. The second kappa shape index (κ2) is 7.31. The van der Waals surface area contributed by atoms with Gasteiger partial charge in [-0.25, -0.2) is 9.97 Å². The summed E-state index contributed by atoms with van der Waals surface area (Å²) in [5.41, 5.74) is 0.698. The second-order valence-corrected chi connectivity index (χ2v) is 6.59. The van der Waals surface area contributed by atoms with Gasteiger partial charge in [0.1, 0.15) is 5.82 Å². The highest BCUT2D eigenvalue weighted by atomic mass is 32.2. The van der Waals surface area contributed by atoms with E-state index in [4.69, 9.17) is 0 Å². The Morgan fingerprint density at radius 1 is 1.04 bits per heavy atom. The van der Waals surface area contributed by atoms with E-state index < -0.39 is 11.7 Å². The van der Waals surface area contributed by atoms with Crippen molar-refractivity contribution in [3.8, 4) is 0 Å².